The Labute approximate surface area is 180 Å². The van der Waals surface area contributed by atoms with Crippen LogP contribution < -0.4 is 0 Å². The van der Waals surface area contributed by atoms with Crippen molar-refractivity contribution in [3.63, 3.8) is 0 Å². The van der Waals surface area contributed by atoms with Crippen LogP contribution in [0.1, 0.15) is 35.6 Å². The molecule has 5 nitrogen and oxygen atoms in total. The predicted molar refractivity (Wildman–Crippen MR) is 118 cm³/mol. The Morgan fingerprint density at radius 3 is 2.80 bits per heavy atom. The number of fused-ring (bicyclic) bond motifs is 5. The van der Waals surface area contributed by atoms with Gasteiger partial charge in [-0.3, -0.25) is 9.80 Å². The summed E-state index contributed by atoms with van der Waals surface area (Å²) < 4.78 is 7.31. The zero-order valence-corrected chi connectivity index (χ0v) is 17.7. The van der Waals surface area contributed by atoms with Crippen molar-refractivity contribution >= 4 is 27.6 Å². The third-order valence-electron chi connectivity index (χ3n) is 7.04. The fraction of sp³-hybridized carbons (Fsp3) is 0.417. The van der Waals surface area contributed by atoms with Crippen molar-refractivity contribution in [2.75, 3.05) is 26.2 Å². The van der Waals surface area contributed by atoms with E-state index in [9.17, 15) is 4.79 Å². The monoisotopic (exact) mass is 419 g/mol. The normalized spacial score (nSPS) is 27.8. The first-order valence-corrected chi connectivity index (χ1v) is 11.7. The molecule has 4 aliphatic heterocycles. The zero-order chi connectivity index (χ0) is 20.1. The number of benzene rings is 2. The lowest BCUT2D eigenvalue weighted by atomic mass is 9.86. The molecule has 0 aliphatic carbocycles. The van der Waals surface area contributed by atoms with Gasteiger partial charge in [-0.25, -0.2) is 9.78 Å². The fourth-order valence-electron chi connectivity index (χ4n) is 5.41. The fourth-order valence-corrected chi connectivity index (χ4v) is 6.07. The van der Waals surface area contributed by atoms with E-state index in [0.29, 0.717) is 12.5 Å². The highest BCUT2D eigenvalue weighted by Crippen LogP contribution is 2.38. The van der Waals surface area contributed by atoms with Crippen LogP contribution in [0.15, 0.2) is 48.0 Å². The Hall–Kier alpha value is -2.44. The number of rotatable bonds is 2. The van der Waals surface area contributed by atoms with Crippen LogP contribution in [-0.2, 0) is 11.2 Å². The molecule has 30 heavy (non-hydrogen) atoms. The highest BCUT2D eigenvalue weighted by molar-refractivity contribution is 7.16. The molecular formula is C24H25N3O2S. The molecule has 2 atom stereocenters. The van der Waals surface area contributed by atoms with Gasteiger partial charge in [0.2, 0.25) is 0 Å². The minimum absolute atomic E-state index is 0.0267. The first-order chi connectivity index (χ1) is 14.8. The Morgan fingerprint density at radius 2 is 1.97 bits per heavy atom. The highest BCUT2D eigenvalue weighted by atomic mass is 32.1. The van der Waals surface area contributed by atoms with Gasteiger partial charge < -0.3 is 4.74 Å². The first-order valence-electron chi connectivity index (χ1n) is 10.9. The van der Waals surface area contributed by atoms with Crippen molar-refractivity contribution in [1.82, 2.24) is 14.8 Å². The van der Waals surface area contributed by atoms with Gasteiger partial charge in [-0.15, -0.1) is 11.3 Å². The van der Waals surface area contributed by atoms with Crippen LogP contribution in [0.4, 0.5) is 4.79 Å². The van der Waals surface area contributed by atoms with Crippen LogP contribution in [0.25, 0.3) is 10.2 Å². The minimum Gasteiger partial charge on any atom is -0.444 e. The Morgan fingerprint density at radius 1 is 1.10 bits per heavy atom. The lowest BCUT2D eigenvalue weighted by Gasteiger charge is -2.45. The van der Waals surface area contributed by atoms with Gasteiger partial charge in [-0.05, 0) is 67.1 Å². The summed E-state index contributed by atoms with van der Waals surface area (Å²) in [4.78, 5) is 22.3. The topological polar surface area (TPSA) is 45.7 Å². The third-order valence-corrected chi connectivity index (χ3v) is 7.85. The number of aromatic nitrogens is 1. The van der Waals surface area contributed by atoms with Crippen molar-refractivity contribution in [2.24, 2.45) is 5.92 Å². The van der Waals surface area contributed by atoms with Gasteiger partial charge in [0.15, 0.2) is 0 Å². The molecule has 2 bridgehead atoms. The molecule has 1 amide bonds. The van der Waals surface area contributed by atoms with Crippen LogP contribution in [-0.4, -0.2) is 53.2 Å². The lowest BCUT2D eigenvalue weighted by molar-refractivity contribution is -0.0462. The molecule has 5 heterocycles. The summed E-state index contributed by atoms with van der Waals surface area (Å²) in [6, 6.07) is 14.7. The van der Waals surface area contributed by atoms with Gasteiger partial charge in [0, 0.05) is 13.1 Å². The summed E-state index contributed by atoms with van der Waals surface area (Å²) in [5.41, 5.74) is 6.48. The Kier molecular flexibility index (Phi) is 4.50. The summed E-state index contributed by atoms with van der Waals surface area (Å²) in [6.45, 7) is 3.85. The van der Waals surface area contributed by atoms with E-state index in [2.05, 4.69) is 52.3 Å². The number of hydrogen-bond acceptors (Lipinski definition) is 5. The maximum Gasteiger partial charge on any atom is 0.410 e. The van der Waals surface area contributed by atoms with Crippen molar-refractivity contribution in [1.29, 1.82) is 0 Å². The molecule has 0 radical (unpaired) electrons. The van der Waals surface area contributed by atoms with E-state index in [1.165, 1.54) is 15.8 Å². The van der Waals surface area contributed by atoms with Gasteiger partial charge in [-0.1, -0.05) is 30.3 Å². The number of piperidine rings is 3. The molecule has 3 fully saturated rings. The van der Waals surface area contributed by atoms with E-state index in [-0.39, 0.29) is 18.2 Å². The van der Waals surface area contributed by atoms with Crippen LogP contribution >= 0.6 is 11.3 Å². The third kappa shape index (κ3) is 3.10. The van der Waals surface area contributed by atoms with E-state index in [4.69, 9.17) is 4.74 Å². The molecular weight excluding hydrogens is 394 g/mol. The van der Waals surface area contributed by atoms with Gasteiger partial charge in [0.05, 0.1) is 21.8 Å². The van der Waals surface area contributed by atoms with Crippen molar-refractivity contribution in [2.45, 2.75) is 31.4 Å². The van der Waals surface area contributed by atoms with E-state index in [1.54, 1.807) is 11.3 Å². The van der Waals surface area contributed by atoms with Crippen LogP contribution in [0.5, 0.6) is 0 Å². The summed E-state index contributed by atoms with van der Waals surface area (Å²) in [5.74, 6) is 0.515. The second-order valence-electron chi connectivity index (χ2n) is 8.68. The molecule has 3 aromatic rings. The molecule has 0 unspecified atom stereocenters. The SMILES string of the molecule is O=C(O[C@@H]1CN2CCC1CC2)N1CCc2ccccc2[C@H]1c1ccc2scnc2c1. The first kappa shape index (κ1) is 18.3. The maximum atomic E-state index is 13.4. The van der Waals surface area contributed by atoms with Gasteiger partial charge >= 0.3 is 6.09 Å². The summed E-state index contributed by atoms with van der Waals surface area (Å²) in [7, 11) is 0. The van der Waals surface area contributed by atoms with Crippen LogP contribution in [0.3, 0.4) is 0 Å². The molecule has 0 saturated carbocycles. The zero-order valence-electron chi connectivity index (χ0n) is 16.9. The molecule has 0 N–H and O–H groups in total. The van der Waals surface area contributed by atoms with Gasteiger partial charge in [-0.2, -0.15) is 0 Å². The standard InChI is InChI=1S/C24H25N3O2S/c28-24(29-21-14-26-10-7-17(21)8-11-26)27-12-9-16-3-1-2-4-19(16)23(27)18-5-6-22-20(13-18)25-15-30-22/h1-6,13,15,17,21,23H,7-12,14H2/t21-,23-/m1/s1. The molecule has 3 saturated heterocycles. The van der Waals surface area contributed by atoms with Crippen LogP contribution in [0.2, 0.25) is 0 Å². The largest absolute Gasteiger partial charge is 0.444 e. The lowest BCUT2D eigenvalue weighted by Crippen LogP contribution is -2.53. The van der Waals surface area contributed by atoms with E-state index in [1.807, 2.05) is 10.4 Å². The number of nitrogens with zero attached hydrogens (tertiary/aromatic N) is 3. The number of amides is 1. The molecule has 6 heteroatoms. The Balaban J connectivity index is 1.34. The van der Waals surface area contributed by atoms with Gasteiger partial charge in [0.1, 0.15) is 6.10 Å². The van der Waals surface area contributed by atoms with Crippen LogP contribution in [0, 0.1) is 5.92 Å². The average Bonchev–Trinajstić information content (AvgIpc) is 3.27. The maximum absolute atomic E-state index is 13.4. The second-order valence-corrected chi connectivity index (χ2v) is 9.57. The summed E-state index contributed by atoms with van der Waals surface area (Å²) >= 11 is 1.64. The molecule has 2 aromatic carbocycles. The van der Waals surface area contributed by atoms with Crippen molar-refractivity contribution in [3.8, 4) is 0 Å². The van der Waals surface area contributed by atoms with Crippen molar-refractivity contribution < 1.29 is 9.53 Å². The van der Waals surface area contributed by atoms with E-state index in [0.717, 1.165) is 50.0 Å². The number of thiazole rings is 1. The molecule has 7 rings (SSSR count). The molecule has 1 aromatic heterocycles. The number of hydrogen-bond donors (Lipinski definition) is 0. The summed E-state index contributed by atoms with van der Waals surface area (Å²) in [5, 5.41) is 0. The number of ether oxygens (including phenoxy) is 1. The van der Waals surface area contributed by atoms with Gasteiger partial charge in [0.25, 0.3) is 0 Å². The second kappa shape index (κ2) is 7.36. The molecule has 0 spiro atoms. The quantitative estimate of drug-likeness (QED) is 0.615. The predicted octanol–water partition coefficient (Wildman–Crippen LogP) is 4.47. The molecule has 4 aliphatic rings. The average molecular weight is 420 g/mol. The summed E-state index contributed by atoms with van der Waals surface area (Å²) in [6.07, 6.45) is 3.00. The number of carbonyl (C=O) groups is 1. The van der Waals surface area contributed by atoms with Crippen molar-refractivity contribution in [3.05, 3.63) is 64.7 Å². The van der Waals surface area contributed by atoms with E-state index >= 15 is 0 Å². The highest BCUT2D eigenvalue weighted by Gasteiger charge is 2.39. The smallest absolute Gasteiger partial charge is 0.410 e. The minimum atomic E-state index is -0.174. The Bertz CT molecular complexity index is 1090. The molecule has 154 valence electrons. The number of carbonyl (C=O) groups excluding carboxylic acids is 1. The van der Waals surface area contributed by atoms with E-state index < -0.39 is 0 Å².